The molecule has 3 aromatic carbocycles. The number of halogens is 1. The molecule has 0 unspecified atom stereocenters. The van der Waals surface area contributed by atoms with E-state index >= 15 is 0 Å². The fraction of sp³-hybridized carbons (Fsp3) is 0.0952. The SMILES string of the molecule is Cc1c(C(=O)Nc2ccc(OCc3ccc(Cl)cc3)cc2)cccc1[N+](=O)[O-]. The number of nitrogens with zero attached hydrogens (tertiary/aromatic N) is 1. The molecular weight excluding hydrogens is 380 g/mol. The minimum atomic E-state index is -0.501. The zero-order valence-electron chi connectivity index (χ0n) is 15.0. The van der Waals surface area contributed by atoms with Crippen LogP contribution in [0.3, 0.4) is 0 Å². The highest BCUT2D eigenvalue weighted by Crippen LogP contribution is 2.23. The van der Waals surface area contributed by atoms with Crippen LogP contribution in [0.2, 0.25) is 5.02 Å². The third-order valence-electron chi connectivity index (χ3n) is 4.18. The van der Waals surface area contributed by atoms with Gasteiger partial charge in [-0.2, -0.15) is 0 Å². The Bertz CT molecular complexity index is 1000. The maximum absolute atomic E-state index is 12.5. The molecule has 0 saturated carbocycles. The molecule has 28 heavy (non-hydrogen) atoms. The minimum absolute atomic E-state index is 0.0846. The Labute approximate surface area is 166 Å². The smallest absolute Gasteiger partial charge is 0.273 e. The Balaban J connectivity index is 1.64. The van der Waals surface area contributed by atoms with E-state index in [1.165, 1.54) is 12.1 Å². The minimum Gasteiger partial charge on any atom is -0.489 e. The van der Waals surface area contributed by atoms with Crippen molar-refractivity contribution in [3.05, 3.63) is 98.6 Å². The number of nitro groups is 1. The van der Waals surface area contributed by atoms with E-state index in [0.717, 1.165) is 5.56 Å². The van der Waals surface area contributed by atoms with E-state index in [1.54, 1.807) is 49.4 Å². The first-order chi connectivity index (χ1) is 13.4. The van der Waals surface area contributed by atoms with Crippen LogP contribution in [0.4, 0.5) is 11.4 Å². The molecule has 0 radical (unpaired) electrons. The molecule has 1 amide bonds. The lowest BCUT2D eigenvalue weighted by Crippen LogP contribution is -2.14. The molecule has 3 rings (SSSR count). The van der Waals surface area contributed by atoms with Crippen LogP contribution in [-0.4, -0.2) is 10.8 Å². The number of nitrogens with one attached hydrogen (secondary N) is 1. The topological polar surface area (TPSA) is 81.5 Å². The monoisotopic (exact) mass is 396 g/mol. The molecule has 1 N–H and O–H groups in total. The maximum Gasteiger partial charge on any atom is 0.273 e. The summed E-state index contributed by atoms with van der Waals surface area (Å²) in [6, 6.07) is 18.7. The van der Waals surface area contributed by atoms with Crippen LogP contribution in [0.15, 0.2) is 66.7 Å². The van der Waals surface area contributed by atoms with Crippen molar-refractivity contribution in [3.63, 3.8) is 0 Å². The summed E-state index contributed by atoms with van der Waals surface area (Å²) in [6.07, 6.45) is 0. The first-order valence-electron chi connectivity index (χ1n) is 8.46. The van der Waals surface area contributed by atoms with Gasteiger partial charge in [0.2, 0.25) is 0 Å². The summed E-state index contributed by atoms with van der Waals surface area (Å²) < 4.78 is 5.71. The molecule has 142 valence electrons. The summed E-state index contributed by atoms with van der Waals surface area (Å²) in [5.74, 6) is 0.246. The third kappa shape index (κ3) is 4.66. The number of carbonyl (C=O) groups excluding carboxylic acids is 1. The van der Waals surface area contributed by atoms with E-state index < -0.39 is 10.8 Å². The molecule has 0 heterocycles. The molecule has 0 spiro atoms. The lowest BCUT2D eigenvalue weighted by atomic mass is 10.1. The summed E-state index contributed by atoms with van der Waals surface area (Å²) in [6.45, 7) is 1.95. The van der Waals surface area contributed by atoms with Gasteiger partial charge in [-0.25, -0.2) is 0 Å². The molecule has 0 saturated heterocycles. The van der Waals surface area contributed by atoms with Crippen LogP contribution < -0.4 is 10.1 Å². The zero-order chi connectivity index (χ0) is 20.1. The summed E-state index contributed by atoms with van der Waals surface area (Å²) in [7, 11) is 0. The predicted octanol–water partition coefficient (Wildman–Crippen LogP) is 5.39. The Morgan fingerprint density at radius 3 is 2.39 bits per heavy atom. The fourth-order valence-corrected chi connectivity index (χ4v) is 2.77. The number of carbonyl (C=O) groups is 1. The number of hydrogen-bond donors (Lipinski definition) is 1. The lowest BCUT2D eigenvalue weighted by Gasteiger charge is -2.10. The van der Waals surface area contributed by atoms with Crippen LogP contribution >= 0.6 is 11.6 Å². The molecule has 0 aliphatic carbocycles. The van der Waals surface area contributed by atoms with E-state index in [9.17, 15) is 14.9 Å². The van der Waals surface area contributed by atoms with Gasteiger partial charge in [-0.05, 0) is 55.0 Å². The Kier molecular flexibility index (Phi) is 5.91. The van der Waals surface area contributed by atoms with Crippen molar-refractivity contribution in [1.82, 2.24) is 0 Å². The van der Waals surface area contributed by atoms with Crippen molar-refractivity contribution in [1.29, 1.82) is 0 Å². The van der Waals surface area contributed by atoms with E-state index in [0.29, 0.717) is 28.6 Å². The van der Waals surface area contributed by atoms with Gasteiger partial charge >= 0.3 is 0 Å². The summed E-state index contributed by atoms with van der Waals surface area (Å²) in [5.41, 5.74) is 2.06. The molecule has 0 aromatic heterocycles. The normalized spacial score (nSPS) is 10.4. The van der Waals surface area contributed by atoms with Gasteiger partial charge in [0, 0.05) is 27.9 Å². The van der Waals surface area contributed by atoms with Crippen molar-refractivity contribution in [3.8, 4) is 5.75 Å². The zero-order valence-corrected chi connectivity index (χ0v) is 15.8. The van der Waals surface area contributed by atoms with E-state index in [1.807, 2.05) is 12.1 Å². The number of hydrogen-bond acceptors (Lipinski definition) is 4. The molecule has 3 aromatic rings. The molecule has 0 atom stereocenters. The Morgan fingerprint density at radius 2 is 1.75 bits per heavy atom. The average molecular weight is 397 g/mol. The fourth-order valence-electron chi connectivity index (χ4n) is 2.65. The number of anilines is 1. The van der Waals surface area contributed by atoms with Crippen LogP contribution in [0.25, 0.3) is 0 Å². The molecule has 0 aliphatic heterocycles. The quantitative estimate of drug-likeness (QED) is 0.447. The van der Waals surface area contributed by atoms with Crippen molar-refractivity contribution in [2.75, 3.05) is 5.32 Å². The van der Waals surface area contributed by atoms with E-state index in [2.05, 4.69) is 5.32 Å². The molecule has 6 nitrogen and oxygen atoms in total. The van der Waals surface area contributed by atoms with Gasteiger partial charge in [0.05, 0.1) is 4.92 Å². The Hall–Kier alpha value is -3.38. The highest BCUT2D eigenvalue weighted by Gasteiger charge is 2.17. The molecule has 0 bridgehead atoms. The average Bonchev–Trinajstić information content (AvgIpc) is 2.68. The highest BCUT2D eigenvalue weighted by molar-refractivity contribution is 6.30. The van der Waals surface area contributed by atoms with Gasteiger partial charge in [0.15, 0.2) is 0 Å². The second kappa shape index (κ2) is 8.54. The van der Waals surface area contributed by atoms with Crippen molar-refractivity contribution >= 4 is 28.9 Å². The van der Waals surface area contributed by atoms with Crippen molar-refractivity contribution < 1.29 is 14.5 Å². The highest BCUT2D eigenvalue weighted by atomic mass is 35.5. The van der Waals surface area contributed by atoms with E-state index in [-0.39, 0.29) is 11.3 Å². The first-order valence-corrected chi connectivity index (χ1v) is 8.84. The second-order valence-electron chi connectivity index (χ2n) is 6.10. The van der Waals surface area contributed by atoms with Gasteiger partial charge in [-0.1, -0.05) is 29.8 Å². The van der Waals surface area contributed by atoms with Crippen LogP contribution in [0.1, 0.15) is 21.5 Å². The second-order valence-corrected chi connectivity index (χ2v) is 6.54. The van der Waals surface area contributed by atoms with Gasteiger partial charge in [-0.3, -0.25) is 14.9 Å². The molecule has 0 aliphatic rings. The van der Waals surface area contributed by atoms with Gasteiger partial charge in [0.25, 0.3) is 11.6 Å². The number of nitro benzene ring substituents is 1. The summed E-state index contributed by atoms with van der Waals surface area (Å²) in [4.78, 5) is 23.0. The van der Waals surface area contributed by atoms with Gasteiger partial charge < -0.3 is 10.1 Å². The number of ether oxygens (including phenoxy) is 1. The molecule has 7 heteroatoms. The number of rotatable bonds is 6. The van der Waals surface area contributed by atoms with Crippen LogP contribution in [0, 0.1) is 17.0 Å². The molecular formula is C21H17ClN2O4. The molecule has 0 fully saturated rings. The van der Waals surface area contributed by atoms with Crippen molar-refractivity contribution in [2.24, 2.45) is 0 Å². The predicted molar refractivity (Wildman–Crippen MR) is 108 cm³/mol. The van der Waals surface area contributed by atoms with Gasteiger partial charge in [0.1, 0.15) is 12.4 Å². The van der Waals surface area contributed by atoms with E-state index in [4.69, 9.17) is 16.3 Å². The maximum atomic E-state index is 12.5. The lowest BCUT2D eigenvalue weighted by molar-refractivity contribution is -0.385. The summed E-state index contributed by atoms with van der Waals surface area (Å²) >= 11 is 5.86. The number of benzene rings is 3. The largest absolute Gasteiger partial charge is 0.489 e. The van der Waals surface area contributed by atoms with Crippen molar-refractivity contribution in [2.45, 2.75) is 13.5 Å². The third-order valence-corrected chi connectivity index (χ3v) is 4.43. The number of amides is 1. The first kappa shape index (κ1) is 19.4. The standard InChI is InChI=1S/C21H17ClN2O4/c1-14-19(3-2-4-20(14)24(26)27)21(25)23-17-9-11-18(12-10-17)28-13-15-5-7-16(22)8-6-15/h2-12H,13H2,1H3,(H,23,25). The van der Waals surface area contributed by atoms with Gasteiger partial charge in [-0.15, -0.1) is 0 Å². The van der Waals surface area contributed by atoms with Crippen LogP contribution in [-0.2, 0) is 6.61 Å². The van der Waals surface area contributed by atoms with Crippen LogP contribution in [0.5, 0.6) is 5.75 Å². The summed E-state index contributed by atoms with van der Waals surface area (Å²) in [5, 5.41) is 14.4. The Morgan fingerprint density at radius 1 is 1.07 bits per heavy atom.